The minimum atomic E-state index is 0.244. The molecule has 5 rings (SSSR count). The van der Waals surface area contributed by atoms with E-state index in [9.17, 15) is 4.79 Å². The summed E-state index contributed by atoms with van der Waals surface area (Å²) in [5, 5.41) is 3.34. The van der Waals surface area contributed by atoms with Gasteiger partial charge in [0.05, 0.1) is 0 Å². The highest BCUT2D eigenvalue weighted by Crippen LogP contribution is 2.59. The van der Waals surface area contributed by atoms with Gasteiger partial charge in [0.2, 0.25) is 5.91 Å². The Bertz CT molecular complexity index is 390. The summed E-state index contributed by atoms with van der Waals surface area (Å²) in [7, 11) is 0. The smallest absolute Gasteiger partial charge is 0.223 e. The monoisotopic (exact) mass is 273 g/mol. The Labute approximate surface area is 122 Å². The molecule has 0 saturated heterocycles. The third-order valence-corrected chi connectivity index (χ3v) is 6.44. The molecule has 4 fully saturated rings. The van der Waals surface area contributed by atoms with Gasteiger partial charge in [-0.25, -0.2) is 0 Å². The Morgan fingerprint density at radius 2 is 1.70 bits per heavy atom. The zero-order valence-corrected chi connectivity index (χ0v) is 12.4. The summed E-state index contributed by atoms with van der Waals surface area (Å²) in [6, 6.07) is 0. The highest BCUT2D eigenvalue weighted by Gasteiger charge is 2.50. The van der Waals surface area contributed by atoms with Crippen LogP contribution < -0.4 is 5.32 Å². The average molecular weight is 273 g/mol. The van der Waals surface area contributed by atoms with Gasteiger partial charge < -0.3 is 5.32 Å². The van der Waals surface area contributed by atoms with Crippen LogP contribution in [0.3, 0.4) is 0 Å². The summed E-state index contributed by atoms with van der Waals surface area (Å²) in [5.41, 5.74) is 0.481. The van der Waals surface area contributed by atoms with Crippen molar-refractivity contribution in [2.75, 3.05) is 6.54 Å². The van der Waals surface area contributed by atoms with Crippen molar-refractivity contribution in [3.05, 3.63) is 12.2 Å². The van der Waals surface area contributed by atoms with E-state index in [0.717, 1.165) is 43.6 Å². The maximum Gasteiger partial charge on any atom is 0.223 e. The highest BCUT2D eigenvalue weighted by molar-refractivity contribution is 5.79. The molecule has 2 heteroatoms. The quantitative estimate of drug-likeness (QED) is 0.781. The van der Waals surface area contributed by atoms with E-state index in [0.29, 0.717) is 11.3 Å². The lowest BCUT2D eigenvalue weighted by molar-refractivity contribution is -0.127. The van der Waals surface area contributed by atoms with Gasteiger partial charge in [-0.3, -0.25) is 4.79 Å². The SMILES string of the molecule is O=C(NCC12CC3CC(CC(C3)C1)C2)[C@H]1CC=CCC1. The summed E-state index contributed by atoms with van der Waals surface area (Å²) >= 11 is 0. The van der Waals surface area contributed by atoms with E-state index in [1.165, 1.54) is 38.5 Å². The second-order valence-electron chi connectivity index (χ2n) is 8.12. The van der Waals surface area contributed by atoms with Gasteiger partial charge in [-0.15, -0.1) is 0 Å². The zero-order valence-electron chi connectivity index (χ0n) is 12.4. The summed E-state index contributed by atoms with van der Waals surface area (Å²) in [6.45, 7) is 0.968. The van der Waals surface area contributed by atoms with E-state index >= 15 is 0 Å². The number of nitrogens with one attached hydrogen (secondary N) is 1. The number of hydrogen-bond donors (Lipinski definition) is 1. The predicted molar refractivity (Wildman–Crippen MR) is 80.1 cm³/mol. The molecule has 0 spiro atoms. The van der Waals surface area contributed by atoms with Gasteiger partial charge in [-0.1, -0.05) is 12.2 Å². The second kappa shape index (κ2) is 4.89. The number of rotatable bonds is 3. The van der Waals surface area contributed by atoms with Gasteiger partial charge in [0.1, 0.15) is 0 Å². The molecule has 0 aromatic carbocycles. The average Bonchev–Trinajstić information content (AvgIpc) is 2.44. The van der Waals surface area contributed by atoms with Crippen LogP contribution >= 0.6 is 0 Å². The lowest BCUT2D eigenvalue weighted by Gasteiger charge is -2.57. The highest BCUT2D eigenvalue weighted by atomic mass is 16.1. The summed E-state index contributed by atoms with van der Waals surface area (Å²) in [6.07, 6.45) is 16.1. The number of amides is 1. The molecule has 0 radical (unpaired) electrons. The number of carbonyl (C=O) groups excluding carboxylic acids is 1. The first-order valence-corrected chi connectivity index (χ1v) is 8.65. The molecule has 0 heterocycles. The van der Waals surface area contributed by atoms with Gasteiger partial charge in [0, 0.05) is 12.5 Å². The Balaban J connectivity index is 1.37. The molecule has 1 N–H and O–H groups in total. The molecular formula is C18H27NO. The first-order chi connectivity index (χ1) is 9.72. The lowest BCUT2D eigenvalue weighted by Crippen LogP contribution is -2.51. The minimum absolute atomic E-state index is 0.244. The fourth-order valence-corrected chi connectivity index (χ4v) is 5.96. The molecule has 0 aromatic rings. The van der Waals surface area contributed by atoms with Gasteiger partial charge in [-0.2, -0.15) is 0 Å². The van der Waals surface area contributed by atoms with Crippen LogP contribution in [0, 0.1) is 29.1 Å². The molecule has 1 atom stereocenters. The van der Waals surface area contributed by atoms with Crippen molar-refractivity contribution in [2.24, 2.45) is 29.1 Å². The first kappa shape index (κ1) is 12.9. The second-order valence-corrected chi connectivity index (χ2v) is 8.12. The van der Waals surface area contributed by atoms with E-state index in [1.54, 1.807) is 0 Å². The summed E-state index contributed by atoms with van der Waals surface area (Å²) in [5.74, 6) is 3.52. The Morgan fingerprint density at radius 3 is 2.25 bits per heavy atom. The zero-order chi connectivity index (χ0) is 13.6. The van der Waals surface area contributed by atoms with E-state index in [1.807, 2.05) is 0 Å². The molecule has 0 unspecified atom stereocenters. The van der Waals surface area contributed by atoms with Crippen LogP contribution in [0.25, 0.3) is 0 Å². The van der Waals surface area contributed by atoms with Crippen molar-refractivity contribution in [2.45, 2.75) is 57.8 Å². The standard InChI is InChI=1S/C18H27NO/c20-17(16-4-2-1-3-5-16)19-12-18-9-13-6-14(10-18)8-15(7-13)11-18/h1-2,13-16H,3-12H2,(H,19,20)/t13?,14?,15?,16-,18?/m0/s1. The van der Waals surface area contributed by atoms with Crippen molar-refractivity contribution in [1.82, 2.24) is 5.32 Å². The van der Waals surface area contributed by atoms with E-state index in [2.05, 4.69) is 17.5 Å². The van der Waals surface area contributed by atoms with Gasteiger partial charge in [-0.05, 0) is 81.0 Å². The van der Waals surface area contributed by atoms with Gasteiger partial charge in [0.25, 0.3) is 0 Å². The minimum Gasteiger partial charge on any atom is -0.355 e. The van der Waals surface area contributed by atoms with E-state index < -0.39 is 0 Å². The topological polar surface area (TPSA) is 29.1 Å². The van der Waals surface area contributed by atoms with Crippen molar-refractivity contribution in [3.8, 4) is 0 Å². The molecule has 4 saturated carbocycles. The van der Waals surface area contributed by atoms with E-state index in [-0.39, 0.29) is 5.92 Å². The van der Waals surface area contributed by atoms with Crippen LogP contribution in [0.2, 0.25) is 0 Å². The Hall–Kier alpha value is -0.790. The number of carbonyl (C=O) groups is 1. The predicted octanol–water partition coefficient (Wildman–Crippen LogP) is 3.68. The van der Waals surface area contributed by atoms with Crippen LogP contribution in [0.4, 0.5) is 0 Å². The van der Waals surface area contributed by atoms with Gasteiger partial charge >= 0.3 is 0 Å². The van der Waals surface area contributed by atoms with Crippen LogP contribution in [0.1, 0.15) is 57.8 Å². The third kappa shape index (κ3) is 2.31. The van der Waals surface area contributed by atoms with Crippen molar-refractivity contribution >= 4 is 5.91 Å². The molecule has 1 amide bonds. The molecule has 0 aliphatic heterocycles. The maximum atomic E-state index is 12.3. The van der Waals surface area contributed by atoms with Crippen LogP contribution in [0.15, 0.2) is 12.2 Å². The van der Waals surface area contributed by atoms with Crippen molar-refractivity contribution in [3.63, 3.8) is 0 Å². The fraction of sp³-hybridized carbons (Fsp3) is 0.833. The fourth-order valence-electron chi connectivity index (χ4n) is 5.96. The molecule has 110 valence electrons. The van der Waals surface area contributed by atoms with Gasteiger partial charge in [0.15, 0.2) is 0 Å². The summed E-state index contributed by atoms with van der Waals surface area (Å²) in [4.78, 5) is 12.3. The van der Waals surface area contributed by atoms with E-state index in [4.69, 9.17) is 0 Å². The van der Waals surface area contributed by atoms with Crippen LogP contribution in [-0.4, -0.2) is 12.5 Å². The number of hydrogen-bond acceptors (Lipinski definition) is 1. The van der Waals surface area contributed by atoms with Crippen LogP contribution in [-0.2, 0) is 4.79 Å². The first-order valence-electron chi connectivity index (χ1n) is 8.65. The molecule has 0 aromatic heterocycles. The normalized spacial score (nSPS) is 45.6. The third-order valence-electron chi connectivity index (χ3n) is 6.44. The Morgan fingerprint density at radius 1 is 1.05 bits per heavy atom. The van der Waals surface area contributed by atoms with Crippen molar-refractivity contribution in [1.29, 1.82) is 0 Å². The lowest BCUT2D eigenvalue weighted by atomic mass is 9.49. The largest absolute Gasteiger partial charge is 0.355 e. The molecule has 4 bridgehead atoms. The molecule has 5 aliphatic carbocycles. The number of allylic oxidation sites excluding steroid dienone is 2. The summed E-state index contributed by atoms with van der Waals surface area (Å²) < 4.78 is 0. The Kier molecular flexibility index (Phi) is 3.16. The molecular weight excluding hydrogens is 246 g/mol. The molecule has 5 aliphatic rings. The molecule has 20 heavy (non-hydrogen) atoms. The molecule has 2 nitrogen and oxygen atoms in total. The van der Waals surface area contributed by atoms with Crippen LogP contribution in [0.5, 0.6) is 0 Å². The maximum absolute atomic E-state index is 12.3. The van der Waals surface area contributed by atoms with Crippen molar-refractivity contribution < 1.29 is 4.79 Å².